The fraction of sp³-hybridized carbons (Fsp3) is 0.474. The highest BCUT2D eigenvalue weighted by atomic mass is 16.6. The molecule has 1 heterocycles. The van der Waals surface area contributed by atoms with E-state index in [1.807, 2.05) is 0 Å². The molecule has 1 aliphatic heterocycles. The van der Waals surface area contributed by atoms with Crippen LogP contribution in [-0.4, -0.2) is 46.5 Å². The number of hydrogen-bond acceptors (Lipinski definition) is 7. The van der Waals surface area contributed by atoms with Crippen LogP contribution in [0.2, 0.25) is 0 Å². The molecule has 0 radical (unpaired) electrons. The lowest BCUT2D eigenvalue weighted by Gasteiger charge is -2.19. The molecule has 0 aromatic heterocycles. The number of likely N-dealkylation sites (tertiary alicyclic amines) is 1. The number of imide groups is 1. The number of rotatable bonds is 6. The Hall–Kier alpha value is -3.10. The molecule has 2 amide bonds. The van der Waals surface area contributed by atoms with Crippen molar-refractivity contribution in [2.75, 3.05) is 13.2 Å². The third kappa shape index (κ3) is 2.96. The number of fused-ring (bicyclic) bond motifs is 5. The van der Waals surface area contributed by atoms with Crippen LogP contribution in [0.3, 0.4) is 0 Å². The van der Waals surface area contributed by atoms with E-state index >= 15 is 0 Å². The van der Waals surface area contributed by atoms with E-state index in [2.05, 4.69) is 0 Å². The molecule has 4 rings (SSSR count). The van der Waals surface area contributed by atoms with Gasteiger partial charge in [-0.25, -0.2) is 0 Å². The summed E-state index contributed by atoms with van der Waals surface area (Å²) in [5.41, 5.74) is -0.201. The highest BCUT2D eigenvalue weighted by molar-refractivity contribution is 6.08. The van der Waals surface area contributed by atoms with Crippen molar-refractivity contribution in [1.29, 1.82) is 0 Å². The normalized spacial score (nSPS) is 27.8. The predicted molar refractivity (Wildman–Crippen MR) is 92.9 cm³/mol. The van der Waals surface area contributed by atoms with E-state index in [0.717, 1.165) is 30.2 Å². The van der Waals surface area contributed by atoms with Crippen molar-refractivity contribution in [3.8, 4) is 0 Å². The standard InChI is InChI=1S/C19H18N2O7/c22-14(10-2-1-3-13(7-10)21(26)27)9-28-15(23)8-20-18(24)16-11-4-5-12(6-11)17(16)19(20)25/h1-3,7,11-12,16-17H,4-6,8-9H2/t11-,12+,16-,17+. The Balaban J connectivity index is 1.34. The van der Waals surface area contributed by atoms with Gasteiger partial charge < -0.3 is 4.74 Å². The number of carbonyl (C=O) groups is 4. The van der Waals surface area contributed by atoms with Gasteiger partial charge in [-0.15, -0.1) is 0 Å². The van der Waals surface area contributed by atoms with Gasteiger partial charge >= 0.3 is 5.97 Å². The number of ether oxygens (including phenoxy) is 1. The Labute approximate surface area is 159 Å². The summed E-state index contributed by atoms with van der Waals surface area (Å²) in [4.78, 5) is 60.4. The minimum Gasteiger partial charge on any atom is -0.456 e. The van der Waals surface area contributed by atoms with Crippen molar-refractivity contribution in [3.63, 3.8) is 0 Å². The van der Waals surface area contributed by atoms with Gasteiger partial charge in [0, 0.05) is 17.7 Å². The summed E-state index contributed by atoms with van der Waals surface area (Å²) in [5.74, 6) is -2.27. The average Bonchev–Trinajstić information content (AvgIpc) is 3.36. The molecule has 146 valence electrons. The maximum atomic E-state index is 12.6. The van der Waals surface area contributed by atoms with Crippen LogP contribution in [0.5, 0.6) is 0 Å². The van der Waals surface area contributed by atoms with E-state index in [4.69, 9.17) is 4.74 Å². The second kappa shape index (κ2) is 6.81. The predicted octanol–water partition coefficient (Wildman–Crippen LogP) is 1.35. The van der Waals surface area contributed by atoms with Crippen molar-refractivity contribution in [2.45, 2.75) is 19.3 Å². The molecule has 1 aromatic carbocycles. The number of carbonyl (C=O) groups excluding carboxylic acids is 4. The maximum Gasteiger partial charge on any atom is 0.326 e. The molecule has 0 unspecified atom stereocenters. The van der Waals surface area contributed by atoms with Gasteiger partial charge in [0.05, 0.1) is 16.8 Å². The van der Waals surface area contributed by atoms with Crippen LogP contribution >= 0.6 is 0 Å². The molecule has 0 spiro atoms. The van der Waals surface area contributed by atoms with E-state index in [1.54, 1.807) is 0 Å². The van der Waals surface area contributed by atoms with Gasteiger partial charge in [-0.1, -0.05) is 12.1 Å². The van der Waals surface area contributed by atoms with E-state index in [-0.39, 0.29) is 46.7 Å². The summed E-state index contributed by atoms with van der Waals surface area (Å²) >= 11 is 0. The maximum absolute atomic E-state index is 12.6. The van der Waals surface area contributed by atoms with Crippen molar-refractivity contribution >= 4 is 29.3 Å². The van der Waals surface area contributed by atoms with E-state index in [0.29, 0.717) is 0 Å². The summed E-state index contributed by atoms with van der Waals surface area (Å²) in [6, 6.07) is 5.09. The smallest absolute Gasteiger partial charge is 0.326 e. The minimum absolute atomic E-state index is 0.0430. The first-order valence-corrected chi connectivity index (χ1v) is 9.15. The molecule has 2 saturated carbocycles. The van der Waals surface area contributed by atoms with Crippen molar-refractivity contribution in [1.82, 2.24) is 4.90 Å². The quantitative estimate of drug-likeness (QED) is 0.238. The average molecular weight is 386 g/mol. The number of benzene rings is 1. The summed E-state index contributed by atoms with van der Waals surface area (Å²) in [6.45, 7) is -1.12. The zero-order valence-corrected chi connectivity index (χ0v) is 14.9. The zero-order chi connectivity index (χ0) is 20.0. The highest BCUT2D eigenvalue weighted by Crippen LogP contribution is 2.56. The lowest BCUT2D eigenvalue weighted by Crippen LogP contribution is -2.38. The Morgan fingerprint density at radius 1 is 1.14 bits per heavy atom. The Bertz CT molecular complexity index is 868. The number of nitro groups is 1. The summed E-state index contributed by atoms with van der Waals surface area (Å²) in [6.07, 6.45) is 2.80. The number of Topliss-reactive ketones (excluding diaryl/α,β-unsaturated/α-hetero) is 1. The van der Waals surface area contributed by atoms with Crippen molar-refractivity contribution < 1.29 is 28.8 Å². The van der Waals surface area contributed by atoms with Gasteiger partial charge in [-0.2, -0.15) is 0 Å². The third-order valence-corrected chi connectivity index (χ3v) is 6.05. The van der Waals surface area contributed by atoms with Crippen molar-refractivity contribution in [3.05, 3.63) is 39.9 Å². The first kappa shape index (κ1) is 18.3. The fourth-order valence-corrected chi connectivity index (χ4v) is 4.82. The van der Waals surface area contributed by atoms with E-state index in [1.165, 1.54) is 18.2 Å². The Kier molecular flexibility index (Phi) is 4.44. The molecule has 2 aliphatic carbocycles. The molecule has 3 fully saturated rings. The lowest BCUT2D eigenvalue weighted by molar-refractivity contribution is -0.384. The van der Waals surface area contributed by atoms with Crippen LogP contribution < -0.4 is 0 Å². The van der Waals surface area contributed by atoms with Gasteiger partial charge in [0.1, 0.15) is 6.54 Å². The topological polar surface area (TPSA) is 124 Å². The number of hydrogen-bond donors (Lipinski definition) is 0. The molecule has 4 atom stereocenters. The van der Waals surface area contributed by atoms with Gasteiger partial charge in [-0.05, 0) is 31.1 Å². The summed E-state index contributed by atoms with van der Waals surface area (Å²) in [5, 5.41) is 10.8. The molecular formula is C19H18N2O7. The third-order valence-electron chi connectivity index (χ3n) is 6.05. The van der Waals surface area contributed by atoms with Crippen LogP contribution in [-0.2, 0) is 19.1 Å². The molecule has 0 N–H and O–H groups in total. The summed E-state index contributed by atoms with van der Waals surface area (Å²) in [7, 11) is 0. The molecule has 1 saturated heterocycles. The number of nitrogens with zero attached hydrogens (tertiary/aromatic N) is 2. The molecule has 9 heteroatoms. The molecule has 1 aromatic rings. The van der Waals surface area contributed by atoms with Gasteiger partial charge in [0.2, 0.25) is 17.6 Å². The van der Waals surface area contributed by atoms with Gasteiger partial charge in [-0.3, -0.25) is 34.2 Å². The summed E-state index contributed by atoms with van der Waals surface area (Å²) < 4.78 is 4.90. The van der Waals surface area contributed by atoms with Gasteiger partial charge in [0.25, 0.3) is 5.69 Å². The number of esters is 1. The Morgan fingerprint density at radius 3 is 2.39 bits per heavy atom. The second-order valence-corrected chi connectivity index (χ2v) is 7.54. The SMILES string of the molecule is O=C(CN1C(=O)[C@@H]2[C@@H]3CC[C@@H](C3)[C@@H]2C1=O)OCC(=O)c1cccc([N+](=O)[O-])c1. The van der Waals surface area contributed by atoms with Crippen LogP contribution in [0.1, 0.15) is 29.6 Å². The minimum atomic E-state index is -0.854. The van der Waals surface area contributed by atoms with Crippen molar-refractivity contribution in [2.24, 2.45) is 23.7 Å². The zero-order valence-electron chi connectivity index (χ0n) is 14.9. The number of ketones is 1. The van der Waals surface area contributed by atoms with Crippen LogP contribution in [0, 0.1) is 33.8 Å². The lowest BCUT2D eigenvalue weighted by atomic mass is 9.81. The van der Waals surface area contributed by atoms with E-state index in [9.17, 15) is 29.3 Å². The molecule has 3 aliphatic rings. The molecular weight excluding hydrogens is 368 g/mol. The van der Waals surface area contributed by atoms with E-state index < -0.39 is 29.8 Å². The Morgan fingerprint density at radius 2 is 1.79 bits per heavy atom. The molecule has 28 heavy (non-hydrogen) atoms. The monoisotopic (exact) mass is 386 g/mol. The molecule has 2 bridgehead atoms. The largest absolute Gasteiger partial charge is 0.456 e. The highest BCUT2D eigenvalue weighted by Gasteiger charge is 2.61. The van der Waals surface area contributed by atoms with Crippen LogP contribution in [0.25, 0.3) is 0 Å². The number of non-ortho nitro benzene ring substituents is 1. The second-order valence-electron chi connectivity index (χ2n) is 7.54. The fourth-order valence-electron chi connectivity index (χ4n) is 4.82. The number of nitro benzene ring substituents is 1. The van der Waals surface area contributed by atoms with Gasteiger partial charge in [0.15, 0.2) is 6.61 Å². The molecule has 9 nitrogen and oxygen atoms in total. The van der Waals surface area contributed by atoms with Crippen LogP contribution in [0.15, 0.2) is 24.3 Å². The first-order valence-electron chi connectivity index (χ1n) is 9.15. The van der Waals surface area contributed by atoms with Crippen LogP contribution in [0.4, 0.5) is 5.69 Å². The number of amides is 2. The first-order chi connectivity index (χ1) is 13.4.